The lowest BCUT2D eigenvalue weighted by atomic mass is 10.0. The number of halogens is 2. The van der Waals surface area contributed by atoms with Gasteiger partial charge in [0.1, 0.15) is 23.1 Å². The molecule has 32 heavy (non-hydrogen) atoms. The van der Waals surface area contributed by atoms with Crippen LogP contribution in [0.2, 0.25) is 0 Å². The Morgan fingerprint density at radius 3 is 2.47 bits per heavy atom. The molecular weight excluding hydrogens is 583 g/mol. The number of benzene rings is 3. The molecule has 7 heteroatoms. The maximum absolute atomic E-state index is 12.6. The van der Waals surface area contributed by atoms with Gasteiger partial charge in [-0.25, -0.2) is 0 Å². The molecule has 0 aliphatic carbocycles. The Balaban J connectivity index is 1.87. The highest BCUT2D eigenvalue weighted by Crippen LogP contribution is 2.31. The third-order valence-electron chi connectivity index (χ3n) is 4.75. The van der Waals surface area contributed by atoms with E-state index in [0.717, 1.165) is 19.2 Å². The Morgan fingerprint density at radius 2 is 1.84 bits per heavy atom. The lowest BCUT2D eigenvalue weighted by Crippen LogP contribution is -2.13. The number of nitriles is 1. The summed E-state index contributed by atoms with van der Waals surface area (Å²) in [7, 11) is 3.19. The van der Waals surface area contributed by atoms with Crippen LogP contribution in [0.5, 0.6) is 11.5 Å². The summed E-state index contributed by atoms with van der Waals surface area (Å²) < 4.78 is 12.8. The van der Waals surface area contributed by atoms with Crippen LogP contribution in [0.25, 0.3) is 6.08 Å². The lowest BCUT2D eigenvalue weighted by molar-refractivity contribution is -0.112. The quantitative estimate of drug-likeness (QED) is 0.198. The van der Waals surface area contributed by atoms with Crippen molar-refractivity contribution in [2.75, 3.05) is 19.5 Å². The van der Waals surface area contributed by atoms with Crippen molar-refractivity contribution in [3.63, 3.8) is 0 Å². The number of amides is 1. The van der Waals surface area contributed by atoms with Crippen molar-refractivity contribution < 1.29 is 14.3 Å². The summed E-state index contributed by atoms with van der Waals surface area (Å²) in [5.74, 6) is 0.902. The van der Waals surface area contributed by atoms with Crippen LogP contribution in [0.4, 0.5) is 5.69 Å². The van der Waals surface area contributed by atoms with Crippen molar-refractivity contribution in [2.45, 2.75) is 6.42 Å². The molecule has 0 radical (unpaired) electrons. The van der Waals surface area contributed by atoms with Gasteiger partial charge in [-0.1, -0.05) is 34.1 Å². The first-order valence-corrected chi connectivity index (χ1v) is 11.5. The van der Waals surface area contributed by atoms with E-state index in [-0.39, 0.29) is 5.57 Å². The Hall–Kier alpha value is -2.83. The van der Waals surface area contributed by atoms with Gasteiger partial charge in [-0.2, -0.15) is 5.26 Å². The Bertz CT molecular complexity index is 1200. The van der Waals surface area contributed by atoms with Crippen molar-refractivity contribution in [2.24, 2.45) is 0 Å². The van der Waals surface area contributed by atoms with Gasteiger partial charge in [0, 0.05) is 25.7 Å². The largest absolute Gasteiger partial charge is 0.497 e. The number of nitrogens with one attached hydrogen (secondary N) is 1. The molecule has 3 aromatic rings. The summed E-state index contributed by atoms with van der Waals surface area (Å²) in [6.07, 6.45) is 2.25. The van der Waals surface area contributed by atoms with Crippen LogP contribution in [0.15, 0.2) is 70.7 Å². The predicted octanol–water partition coefficient (Wildman–Crippen LogP) is 6.21. The zero-order valence-corrected chi connectivity index (χ0v) is 21.2. The van der Waals surface area contributed by atoms with Crippen molar-refractivity contribution in [1.82, 2.24) is 0 Å². The van der Waals surface area contributed by atoms with Gasteiger partial charge in [0.2, 0.25) is 0 Å². The van der Waals surface area contributed by atoms with E-state index in [1.807, 2.05) is 36.4 Å². The topological polar surface area (TPSA) is 71.3 Å². The molecule has 0 heterocycles. The summed E-state index contributed by atoms with van der Waals surface area (Å²) in [5.41, 5.74) is 3.47. The Labute approximate surface area is 209 Å². The van der Waals surface area contributed by atoms with Crippen molar-refractivity contribution in [3.05, 3.63) is 91.0 Å². The molecule has 0 aliphatic rings. The minimum Gasteiger partial charge on any atom is -0.497 e. The molecule has 0 saturated heterocycles. The highest BCUT2D eigenvalue weighted by Gasteiger charge is 2.14. The van der Waals surface area contributed by atoms with E-state index in [9.17, 15) is 10.1 Å². The Morgan fingerprint density at radius 1 is 1.12 bits per heavy atom. The number of hydrogen-bond donors (Lipinski definition) is 1. The Kier molecular flexibility index (Phi) is 8.31. The minimum absolute atomic E-state index is 0.00257. The molecule has 3 rings (SSSR count). The van der Waals surface area contributed by atoms with Gasteiger partial charge in [-0.15, -0.1) is 0 Å². The van der Waals surface area contributed by atoms with Gasteiger partial charge in [0.15, 0.2) is 0 Å². The number of anilines is 1. The molecule has 0 saturated carbocycles. The van der Waals surface area contributed by atoms with Crippen molar-refractivity contribution >= 4 is 56.2 Å². The van der Waals surface area contributed by atoms with Gasteiger partial charge < -0.3 is 14.8 Å². The number of carbonyl (C=O) groups is 1. The van der Waals surface area contributed by atoms with Crippen LogP contribution >= 0.6 is 38.5 Å². The number of hydrogen-bond acceptors (Lipinski definition) is 4. The summed E-state index contributed by atoms with van der Waals surface area (Å²) >= 11 is 5.85. The third-order valence-corrected chi connectivity index (χ3v) is 6.48. The summed E-state index contributed by atoms with van der Waals surface area (Å²) in [5, 5.41) is 12.3. The molecule has 162 valence electrons. The molecule has 0 bridgehead atoms. The number of nitrogens with zero attached hydrogens (tertiary/aromatic N) is 1. The maximum atomic E-state index is 12.6. The average molecular weight is 603 g/mol. The van der Waals surface area contributed by atoms with Gasteiger partial charge in [0.05, 0.1) is 14.2 Å². The van der Waals surface area contributed by atoms with E-state index in [2.05, 4.69) is 49.9 Å². The SMILES string of the molecule is COc1ccc(NC(=O)/C(C#N)=C/c2cc(I)c(Cc3ccccc3Br)c(OC)c2)cc1. The van der Waals surface area contributed by atoms with E-state index < -0.39 is 5.91 Å². The monoisotopic (exact) mass is 602 g/mol. The number of rotatable bonds is 7. The molecule has 1 N–H and O–H groups in total. The van der Waals surface area contributed by atoms with E-state index >= 15 is 0 Å². The first kappa shape index (κ1) is 23.8. The maximum Gasteiger partial charge on any atom is 0.266 e. The molecule has 5 nitrogen and oxygen atoms in total. The second-order valence-electron chi connectivity index (χ2n) is 6.80. The third kappa shape index (κ3) is 5.90. The van der Waals surface area contributed by atoms with Gasteiger partial charge in [-0.3, -0.25) is 4.79 Å². The zero-order valence-electron chi connectivity index (χ0n) is 17.5. The smallest absolute Gasteiger partial charge is 0.266 e. The molecule has 0 spiro atoms. The van der Waals surface area contributed by atoms with E-state index in [4.69, 9.17) is 9.47 Å². The van der Waals surface area contributed by atoms with Gasteiger partial charge in [0.25, 0.3) is 5.91 Å². The molecule has 0 fully saturated rings. The molecule has 0 aliphatic heterocycles. The van der Waals surface area contributed by atoms with E-state index in [0.29, 0.717) is 29.2 Å². The standard InChI is InChI=1S/C25H20BrIN2O3/c1-31-20-9-7-19(8-10-20)29-25(30)18(15-28)11-16-12-23(27)21(24(13-16)32-2)14-17-5-3-4-6-22(17)26/h3-13H,14H2,1-2H3,(H,29,30)/b18-11+. The zero-order chi connectivity index (χ0) is 23.1. The van der Waals surface area contributed by atoms with Crippen LogP contribution in [0.1, 0.15) is 16.7 Å². The highest BCUT2D eigenvalue weighted by molar-refractivity contribution is 14.1. The fourth-order valence-electron chi connectivity index (χ4n) is 3.09. The fourth-order valence-corrected chi connectivity index (χ4v) is 4.33. The predicted molar refractivity (Wildman–Crippen MR) is 138 cm³/mol. The average Bonchev–Trinajstić information content (AvgIpc) is 2.80. The number of methoxy groups -OCH3 is 2. The van der Waals surface area contributed by atoms with Crippen LogP contribution in [-0.2, 0) is 11.2 Å². The molecule has 3 aromatic carbocycles. The second kappa shape index (κ2) is 11.2. The molecular formula is C25H20BrIN2O3. The van der Waals surface area contributed by atoms with E-state index in [1.165, 1.54) is 0 Å². The van der Waals surface area contributed by atoms with Crippen LogP contribution in [0.3, 0.4) is 0 Å². The van der Waals surface area contributed by atoms with Gasteiger partial charge >= 0.3 is 0 Å². The summed E-state index contributed by atoms with van der Waals surface area (Å²) in [6, 6.07) is 20.7. The van der Waals surface area contributed by atoms with Crippen LogP contribution < -0.4 is 14.8 Å². The summed E-state index contributed by atoms with van der Waals surface area (Å²) in [4.78, 5) is 12.6. The number of carbonyl (C=O) groups excluding carboxylic acids is 1. The molecule has 0 atom stereocenters. The van der Waals surface area contributed by atoms with Crippen LogP contribution in [0, 0.1) is 14.9 Å². The van der Waals surface area contributed by atoms with Crippen molar-refractivity contribution in [1.29, 1.82) is 5.26 Å². The van der Waals surface area contributed by atoms with Crippen LogP contribution in [-0.4, -0.2) is 20.1 Å². The fraction of sp³-hybridized carbons (Fsp3) is 0.120. The minimum atomic E-state index is -0.482. The molecule has 1 amide bonds. The second-order valence-corrected chi connectivity index (χ2v) is 8.82. The van der Waals surface area contributed by atoms with E-state index in [1.54, 1.807) is 44.6 Å². The van der Waals surface area contributed by atoms with Crippen molar-refractivity contribution in [3.8, 4) is 17.6 Å². The first-order chi connectivity index (χ1) is 15.4. The lowest BCUT2D eigenvalue weighted by Gasteiger charge is -2.13. The van der Waals surface area contributed by atoms with Gasteiger partial charge in [-0.05, 0) is 82.3 Å². The number of ether oxygens (including phenoxy) is 2. The first-order valence-electron chi connectivity index (χ1n) is 9.62. The molecule has 0 aromatic heterocycles. The molecule has 0 unspecified atom stereocenters. The normalized spacial score (nSPS) is 10.9. The summed E-state index contributed by atoms with van der Waals surface area (Å²) in [6.45, 7) is 0. The highest BCUT2D eigenvalue weighted by atomic mass is 127.